The van der Waals surface area contributed by atoms with Gasteiger partial charge in [-0.05, 0) is 67.4 Å². The normalized spacial score (nSPS) is 10.2. The average molecular weight is 344 g/mol. The molecule has 0 aliphatic carbocycles. The van der Waals surface area contributed by atoms with Crippen LogP contribution in [0, 0.1) is 13.8 Å². The maximum absolute atomic E-state index is 12.5. The number of hydrogen-bond donors (Lipinski definition) is 2. The summed E-state index contributed by atoms with van der Waals surface area (Å²) in [6.45, 7) is 3.98. The zero-order valence-electron chi connectivity index (χ0n) is 14.7. The van der Waals surface area contributed by atoms with E-state index in [9.17, 15) is 9.59 Å². The molecule has 130 valence electrons. The molecule has 4 heteroatoms. The minimum Gasteiger partial charge on any atom is -0.322 e. The Bertz CT molecular complexity index is 929. The molecule has 2 N–H and O–H groups in total. The van der Waals surface area contributed by atoms with Crippen LogP contribution in [0.15, 0.2) is 72.8 Å². The van der Waals surface area contributed by atoms with E-state index in [4.69, 9.17) is 0 Å². The standard InChI is InChI=1S/C22H20N2O2/c1-15-11-16(2)13-20(12-15)24-22(26)18-9-6-10-19(14-18)23-21(25)17-7-4-3-5-8-17/h3-14H,1-2H3,(H,23,25)(H,24,26). The SMILES string of the molecule is Cc1cc(C)cc(NC(=O)c2cccc(NC(=O)c3ccccc3)c2)c1. The second kappa shape index (κ2) is 7.66. The second-order valence-electron chi connectivity index (χ2n) is 6.23. The molecule has 4 nitrogen and oxygen atoms in total. The van der Waals surface area contributed by atoms with E-state index in [0.29, 0.717) is 16.8 Å². The van der Waals surface area contributed by atoms with Gasteiger partial charge < -0.3 is 10.6 Å². The van der Waals surface area contributed by atoms with Gasteiger partial charge >= 0.3 is 0 Å². The van der Waals surface area contributed by atoms with E-state index in [2.05, 4.69) is 16.7 Å². The molecule has 0 radical (unpaired) electrons. The fraction of sp³-hybridized carbons (Fsp3) is 0.0909. The Morgan fingerprint density at radius 2 is 1.19 bits per heavy atom. The smallest absolute Gasteiger partial charge is 0.255 e. The lowest BCUT2D eigenvalue weighted by Crippen LogP contribution is -2.14. The quantitative estimate of drug-likeness (QED) is 0.714. The summed E-state index contributed by atoms with van der Waals surface area (Å²) in [5, 5.41) is 5.72. The monoisotopic (exact) mass is 344 g/mol. The van der Waals surface area contributed by atoms with Crippen molar-refractivity contribution in [1.29, 1.82) is 0 Å². The third-order valence-corrected chi connectivity index (χ3v) is 3.90. The fourth-order valence-electron chi connectivity index (χ4n) is 2.78. The molecule has 0 saturated heterocycles. The summed E-state index contributed by atoms with van der Waals surface area (Å²) in [6, 6.07) is 21.7. The number of anilines is 2. The molecule has 2 amide bonds. The largest absolute Gasteiger partial charge is 0.322 e. The number of nitrogens with one attached hydrogen (secondary N) is 2. The maximum atomic E-state index is 12.5. The lowest BCUT2D eigenvalue weighted by Gasteiger charge is -2.10. The van der Waals surface area contributed by atoms with Crippen molar-refractivity contribution in [2.45, 2.75) is 13.8 Å². The van der Waals surface area contributed by atoms with Gasteiger partial charge in [0.25, 0.3) is 11.8 Å². The van der Waals surface area contributed by atoms with Crippen molar-refractivity contribution in [1.82, 2.24) is 0 Å². The van der Waals surface area contributed by atoms with Crippen molar-refractivity contribution < 1.29 is 9.59 Å². The highest BCUT2D eigenvalue weighted by atomic mass is 16.2. The Kier molecular flexibility index (Phi) is 5.13. The molecule has 3 aromatic rings. The first-order valence-electron chi connectivity index (χ1n) is 8.37. The average Bonchev–Trinajstić information content (AvgIpc) is 2.62. The number of carbonyl (C=O) groups is 2. The Balaban J connectivity index is 1.74. The highest BCUT2D eigenvalue weighted by Crippen LogP contribution is 2.17. The Morgan fingerprint density at radius 3 is 1.88 bits per heavy atom. The van der Waals surface area contributed by atoms with Gasteiger partial charge in [-0.25, -0.2) is 0 Å². The molecule has 0 heterocycles. The van der Waals surface area contributed by atoms with E-state index in [1.54, 1.807) is 36.4 Å². The van der Waals surface area contributed by atoms with Crippen LogP contribution in [0.2, 0.25) is 0 Å². The van der Waals surface area contributed by atoms with E-state index in [0.717, 1.165) is 16.8 Å². The van der Waals surface area contributed by atoms with Gasteiger partial charge in [-0.2, -0.15) is 0 Å². The molecule has 0 spiro atoms. The molecular weight excluding hydrogens is 324 g/mol. The van der Waals surface area contributed by atoms with Gasteiger partial charge in [0.05, 0.1) is 0 Å². The number of carbonyl (C=O) groups excluding carboxylic acids is 2. The Hall–Kier alpha value is -3.40. The first-order chi connectivity index (χ1) is 12.5. The summed E-state index contributed by atoms with van der Waals surface area (Å²) in [5.74, 6) is -0.428. The Morgan fingerprint density at radius 1 is 0.615 bits per heavy atom. The van der Waals surface area contributed by atoms with Crippen LogP contribution < -0.4 is 10.6 Å². The van der Waals surface area contributed by atoms with Crippen molar-refractivity contribution in [3.8, 4) is 0 Å². The molecule has 3 rings (SSSR count). The van der Waals surface area contributed by atoms with E-state index in [1.165, 1.54) is 0 Å². The van der Waals surface area contributed by atoms with Crippen LogP contribution in [0.5, 0.6) is 0 Å². The van der Waals surface area contributed by atoms with Crippen molar-refractivity contribution in [2.75, 3.05) is 10.6 Å². The predicted octanol–water partition coefficient (Wildman–Crippen LogP) is 4.81. The summed E-state index contributed by atoms with van der Waals surface area (Å²) in [6.07, 6.45) is 0. The van der Waals surface area contributed by atoms with Crippen molar-refractivity contribution in [3.05, 3.63) is 95.1 Å². The summed E-state index contributed by atoms with van der Waals surface area (Å²) in [4.78, 5) is 24.8. The lowest BCUT2D eigenvalue weighted by atomic mass is 10.1. The molecule has 0 saturated carbocycles. The molecular formula is C22H20N2O2. The number of hydrogen-bond acceptors (Lipinski definition) is 2. The van der Waals surface area contributed by atoms with Crippen molar-refractivity contribution in [3.63, 3.8) is 0 Å². The lowest BCUT2D eigenvalue weighted by molar-refractivity contribution is 0.101. The van der Waals surface area contributed by atoms with Crippen LogP contribution in [-0.2, 0) is 0 Å². The Labute approximate surface area is 152 Å². The summed E-state index contributed by atoms with van der Waals surface area (Å²) in [7, 11) is 0. The minimum atomic E-state index is -0.217. The molecule has 0 aliphatic heterocycles. The molecule has 0 aromatic heterocycles. The van der Waals surface area contributed by atoms with Gasteiger partial charge in [0.15, 0.2) is 0 Å². The van der Waals surface area contributed by atoms with Gasteiger partial charge in [0, 0.05) is 22.5 Å². The zero-order valence-corrected chi connectivity index (χ0v) is 14.7. The molecule has 0 fully saturated rings. The van der Waals surface area contributed by atoms with Crippen LogP contribution in [0.4, 0.5) is 11.4 Å². The summed E-state index contributed by atoms with van der Waals surface area (Å²) < 4.78 is 0. The van der Waals surface area contributed by atoms with E-state index in [1.807, 2.05) is 44.2 Å². The van der Waals surface area contributed by atoms with Gasteiger partial charge in [-0.15, -0.1) is 0 Å². The molecule has 0 unspecified atom stereocenters. The van der Waals surface area contributed by atoms with E-state index < -0.39 is 0 Å². The topological polar surface area (TPSA) is 58.2 Å². The van der Waals surface area contributed by atoms with Crippen molar-refractivity contribution in [2.24, 2.45) is 0 Å². The molecule has 3 aromatic carbocycles. The van der Waals surface area contributed by atoms with Crippen LogP contribution >= 0.6 is 0 Å². The highest BCUT2D eigenvalue weighted by Gasteiger charge is 2.10. The predicted molar refractivity (Wildman–Crippen MR) is 105 cm³/mol. The van der Waals surface area contributed by atoms with Crippen LogP contribution in [0.25, 0.3) is 0 Å². The first kappa shape index (κ1) is 17.4. The third-order valence-electron chi connectivity index (χ3n) is 3.90. The van der Waals surface area contributed by atoms with Crippen LogP contribution in [0.1, 0.15) is 31.8 Å². The van der Waals surface area contributed by atoms with Gasteiger partial charge in [-0.3, -0.25) is 9.59 Å². The van der Waals surface area contributed by atoms with Crippen LogP contribution in [0.3, 0.4) is 0 Å². The second-order valence-corrected chi connectivity index (χ2v) is 6.23. The summed E-state index contributed by atoms with van der Waals surface area (Å²) >= 11 is 0. The van der Waals surface area contributed by atoms with Gasteiger partial charge in [0.2, 0.25) is 0 Å². The van der Waals surface area contributed by atoms with Crippen molar-refractivity contribution >= 4 is 23.2 Å². The zero-order chi connectivity index (χ0) is 18.5. The number of aryl methyl sites for hydroxylation is 2. The number of amides is 2. The first-order valence-corrected chi connectivity index (χ1v) is 8.37. The van der Waals surface area contributed by atoms with Gasteiger partial charge in [-0.1, -0.05) is 30.3 Å². The molecule has 26 heavy (non-hydrogen) atoms. The highest BCUT2D eigenvalue weighted by molar-refractivity contribution is 6.07. The molecule has 0 atom stereocenters. The molecule has 0 aliphatic rings. The fourth-order valence-corrected chi connectivity index (χ4v) is 2.78. The molecule has 0 bridgehead atoms. The third kappa shape index (κ3) is 4.36. The minimum absolute atomic E-state index is 0.211. The summed E-state index contributed by atoms with van der Waals surface area (Å²) in [5.41, 5.74) is 4.55. The maximum Gasteiger partial charge on any atom is 0.255 e. The van der Waals surface area contributed by atoms with Gasteiger partial charge in [0.1, 0.15) is 0 Å². The van der Waals surface area contributed by atoms with Crippen LogP contribution in [-0.4, -0.2) is 11.8 Å². The van der Waals surface area contributed by atoms with E-state index in [-0.39, 0.29) is 11.8 Å². The number of rotatable bonds is 4. The van der Waals surface area contributed by atoms with E-state index >= 15 is 0 Å². The number of benzene rings is 3.